The van der Waals surface area contributed by atoms with Gasteiger partial charge in [0.25, 0.3) is 0 Å². The van der Waals surface area contributed by atoms with Gasteiger partial charge in [-0.1, -0.05) is 0 Å². The first-order valence-electron chi connectivity index (χ1n) is 5.98. The Kier molecular flexibility index (Phi) is 6.56. The first-order chi connectivity index (χ1) is 7.86. The monoisotopic (exact) mass is 220 g/mol. The minimum Gasteiger partial charge on any atom is -0.317 e. The molecule has 0 N–H and O–H groups in total. The van der Waals surface area contributed by atoms with E-state index in [2.05, 4.69) is 19.5 Å². The molecule has 0 bridgehead atoms. The molecule has 0 amide bonds. The van der Waals surface area contributed by atoms with Crippen LogP contribution in [0.2, 0.25) is 0 Å². The van der Waals surface area contributed by atoms with Crippen molar-refractivity contribution in [1.82, 2.24) is 9.80 Å². The van der Waals surface area contributed by atoms with E-state index in [0.29, 0.717) is 13.1 Å². The summed E-state index contributed by atoms with van der Waals surface area (Å²) < 4.78 is 0. The van der Waals surface area contributed by atoms with Gasteiger partial charge in [0.2, 0.25) is 13.1 Å². The molecule has 0 aromatic rings. The van der Waals surface area contributed by atoms with Crippen molar-refractivity contribution < 1.29 is 0 Å². The maximum absolute atomic E-state index is 6.72. The van der Waals surface area contributed by atoms with Crippen molar-refractivity contribution in [2.75, 3.05) is 52.4 Å². The first kappa shape index (κ1) is 13.0. The van der Waals surface area contributed by atoms with E-state index in [9.17, 15) is 0 Å². The molecule has 1 heterocycles. The molecule has 0 atom stereocenters. The van der Waals surface area contributed by atoms with E-state index in [4.69, 9.17) is 13.1 Å². The largest absolute Gasteiger partial charge is 0.317 e. The van der Waals surface area contributed by atoms with Crippen LogP contribution >= 0.6 is 0 Å². The number of nitrogens with zero attached hydrogens (tertiary/aromatic N) is 4. The third kappa shape index (κ3) is 5.11. The quantitative estimate of drug-likeness (QED) is 0.494. The van der Waals surface area contributed by atoms with E-state index in [0.717, 1.165) is 52.1 Å². The normalized spacial score (nSPS) is 17.9. The molecule has 1 aliphatic rings. The molecule has 0 saturated carbocycles. The minimum absolute atomic E-state index is 0.658. The van der Waals surface area contributed by atoms with Gasteiger partial charge in [-0.2, -0.15) is 0 Å². The molecule has 0 aliphatic carbocycles. The van der Waals surface area contributed by atoms with E-state index in [-0.39, 0.29) is 0 Å². The molecule has 1 rings (SSSR count). The van der Waals surface area contributed by atoms with Gasteiger partial charge in [-0.05, 0) is 0 Å². The Bertz CT molecular complexity index is 227. The van der Waals surface area contributed by atoms with Crippen LogP contribution in [-0.2, 0) is 0 Å². The molecule has 4 heteroatoms. The number of hydrogen-bond donors (Lipinski definition) is 0. The van der Waals surface area contributed by atoms with Gasteiger partial charge in [-0.3, -0.25) is 0 Å². The third-order valence-corrected chi connectivity index (χ3v) is 2.95. The fourth-order valence-corrected chi connectivity index (χ4v) is 1.98. The predicted octanol–water partition coefficient (Wildman–Crippen LogP) is 1.22. The highest BCUT2D eigenvalue weighted by atomic mass is 15.3. The summed E-state index contributed by atoms with van der Waals surface area (Å²) in [5, 5.41) is 0. The highest BCUT2D eigenvalue weighted by Gasteiger charge is 2.16. The second-order valence-corrected chi connectivity index (χ2v) is 4.15. The van der Waals surface area contributed by atoms with Gasteiger partial charge in [-0.25, -0.2) is 13.1 Å². The lowest BCUT2D eigenvalue weighted by molar-refractivity contribution is 0.132. The van der Waals surface area contributed by atoms with Crippen LogP contribution in [0.3, 0.4) is 0 Å². The average Bonchev–Trinajstić information content (AvgIpc) is 2.32. The second kappa shape index (κ2) is 8.10. The maximum atomic E-state index is 6.72. The van der Waals surface area contributed by atoms with E-state index in [1.165, 1.54) is 0 Å². The second-order valence-electron chi connectivity index (χ2n) is 4.15. The Morgan fingerprint density at radius 3 is 1.44 bits per heavy atom. The van der Waals surface area contributed by atoms with Crippen LogP contribution in [0.25, 0.3) is 9.69 Å². The zero-order valence-electron chi connectivity index (χ0n) is 9.86. The van der Waals surface area contributed by atoms with E-state index >= 15 is 0 Å². The fraction of sp³-hybridized carbons (Fsp3) is 0.833. The average molecular weight is 220 g/mol. The zero-order chi connectivity index (χ0) is 11.6. The maximum Gasteiger partial charge on any atom is 0.215 e. The van der Waals surface area contributed by atoms with Crippen LogP contribution in [-0.4, -0.2) is 62.2 Å². The SMILES string of the molecule is [C-]#[N+]CCCN1CCN(CCC[N+]#[C-])CC1. The van der Waals surface area contributed by atoms with Crippen molar-refractivity contribution in [2.45, 2.75) is 12.8 Å². The highest BCUT2D eigenvalue weighted by Crippen LogP contribution is 2.03. The van der Waals surface area contributed by atoms with Gasteiger partial charge >= 0.3 is 0 Å². The van der Waals surface area contributed by atoms with Crippen LogP contribution in [0, 0.1) is 13.1 Å². The van der Waals surface area contributed by atoms with Crippen LogP contribution in [0.15, 0.2) is 0 Å². The summed E-state index contributed by atoms with van der Waals surface area (Å²) in [5.74, 6) is 0. The third-order valence-electron chi connectivity index (χ3n) is 2.95. The van der Waals surface area contributed by atoms with Gasteiger partial charge in [0.1, 0.15) is 0 Å². The number of rotatable bonds is 6. The molecule has 4 nitrogen and oxygen atoms in total. The summed E-state index contributed by atoms with van der Waals surface area (Å²) in [4.78, 5) is 11.6. The van der Waals surface area contributed by atoms with Gasteiger partial charge in [0, 0.05) is 52.1 Å². The van der Waals surface area contributed by atoms with Crippen LogP contribution < -0.4 is 0 Å². The number of hydrogen-bond acceptors (Lipinski definition) is 2. The summed E-state index contributed by atoms with van der Waals surface area (Å²) >= 11 is 0. The molecule has 1 aliphatic heterocycles. The van der Waals surface area contributed by atoms with Gasteiger partial charge in [-0.15, -0.1) is 0 Å². The molecule has 1 fully saturated rings. The molecule has 1 saturated heterocycles. The lowest BCUT2D eigenvalue weighted by atomic mass is 10.2. The Balaban J connectivity index is 2.05. The zero-order valence-corrected chi connectivity index (χ0v) is 9.86. The van der Waals surface area contributed by atoms with Crippen molar-refractivity contribution in [3.63, 3.8) is 0 Å². The lowest BCUT2D eigenvalue weighted by Gasteiger charge is -2.34. The Morgan fingerprint density at radius 2 is 1.12 bits per heavy atom. The van der Waals surface area contributed by atoms with Crippen molar-refractivity contribution in [2.24, 2.45) is 0 Å². The van der Waals surface area contributed by atoms with Crippen molar-refractivity contribution in [3.8, 4) is 0 Å². The topological polar surface area (TPSA) is 15.2 Å². The van der Waals surface area contributed by atoms with E-state index in [1.807, 2.05) is 0 Å². The van der Waals surface area contributed by atoms with E-state index < -0.39 is 0 Å². The summed E-state index contributed by atoms with van der Waals surface area (Å²) in [6, 6.07) is 0. The molecule has 0 aromatic carbocycles. The Morgan fingerprint density at radius 1 is 0.750 bits per heavy atom. The van der Waals surface area contributed by atoms with Crippen LogP contribution in [0.1, 0.15) is 12.8 Å². The molecule has 0 unspecified atom stereocenters. The van der Waals surface area contributed by atoms with Gasteiger partial charge < -0.3 is 19.5 Å². The van der Waals surface area contributed by atoms with Crippen LogP contribution in [0.4, 0.5) is 0 Å². The Hall–Kier alpha value is -1.10. The summed E-state index contributed by atoms with van der Waals surface area (Å²) in [7, 11) is 0. The molecule has 0 radical (unpaired) electrons. The Labute approximate surface area is 98.5 Å². The van der Waals surface area contributed by atoms with Crippen molar-refractivity contribution in [1.29, 1.82) is 0 Å². The summed E-state index contributed by atoms with van der Waals surface area (Å²) in [5.41, 5.74) is 0. The van der Waals surface area contributed by atoms with Gasteiger partial charge in [0.05, 0.1) is 0 Å². The molecular weight excluding hydrogens is 200 g/mol. The minimum atomic E-state index is 0.658. The molecule has 88 valence electrons. The summed E-state index contributed by atoms with van der Waals surface area (Å²) in [6.07, 6.45) is 2.00. The molecule has 16 heavy (non-hydrogen) atoms. The predicted molar refractivity (Wildman–Crippen MR) is 65.1 cm³/mol. The molecule has 0 aromatic heterocycles. The fourth-order valence-electron chi connectivity index (χ4n) is 1.98. The number of piperazine rings is 1. The smallest absolute Gasteiger partial charge is 0.215 e. The van der Waals surface area contributed by atoms with Crippen molar-refractivity contribution in [3.05, 3.63) is 22.8 Å². The van der Waals surface area contributed by atoms with Crippen molar-refractivity contribution >= 4 is 0 Å². The molecular formula is C12H20N4. The van der Waals surface area contributed by atoms with Gasteiger partial charge in [0.15, 0.2) is 0 Å². The first-order valence-corrected chi connectivity index (χ1v) is 5.98. The highest BCUT2D eigenvalue weighted by molar-refractivity contribution is 4.74. The molecule has 0 spiro atoms. The van der Waals surface area contributed by atoms with E-state index in [1.54, 1.807) is 0 Å². The summed E-state index contributed by atoms with van der Waals surface area (Å²) in [6.45, 7) is 21.4. The lowest BCUT2D eigenvalue weighted by Crippen LogP contribution is -2.46. The standard InChI is InChI=1S/C12H20N4/c1-13-5-3-7-15-9-11-16(12-10-15)8-4-6-14-2/h3-12H2. The van der Waals surface area contributed by atoms with Crippen LogP contribution in [0.5, 0.6) is 0 Å².